The summed E-state index contributed by atoms with van der Waals surface area (Å²) in [4.78, 5) is 12.2. The lowest BCUT2D eigenvalue weighted by atomic mass is 10.2. The smallest absolute Gasteiger partial charge is 0.419 e. The van der Waals surface area contributed by atoms with Gasteiger partial charge in [0.05, 0.1) is 5.52 Å². The van der Waals surface area contributed by atoms with Crippen molar-refractivity contribution in [1.82, 2.24) is 4.57 Å². The largest absolute Gasteiger partial charge is 0.443 e. The van der Waals surface area contributed by atoms with Crippen LogP contribution in [0.3, 0.4) is 0 Å². The quantitative estimate of drug-likeness (QED) is 0.687. The van der Waals surface area contributed by atoms with Crippen molar-refractivity contribution in [2.75, 3.05) is 0 Å². The molecule has 0 spiro atoms. The molecule has 0 saturated carbocycles. The molecule has 0 fully saturated rings. The van der Waals surface area contributed by atoms with Gasteiger partial charge >= 0.3 is 6.09 Å². The van der Waals surface area contributed by atoms with Crippen LogP contribution in [0.25, 0.3) is 10.9 Å². The zero-order valence-corrected chi connectivity index (χ0v) is 13.4. The monoisotopic (exact) mass is 343 g/mol. The van der Waals surface area contributed by atoms with Crippen LogP contribution in [0.2, 0.25) is 0 Å². The molecule has 3 nitrogen and oxygen atoms in total. The van der Waals surface area contributed by atoms with Gasteiger partial charge in [0, 0.05) is 21.9 Å². The van der Waals surface area contributed by atoms with Gasteiger partial charge in [-0.25, -0.2) is 4.79 Å². The third kappa shape index (κ3) is 3.12. The number of hydrogen-bond donors (Lipinski definition) is 0. The van der Waals surface area contributed by atoms with Gasteiger partial charge in [-0.15, -0.1) is 11.6 Å². The molecule has 0 radical (unpaired) electrons. The number of nitrogens with zero attached hydrogens (tertiary/aromatic N) is 1. The van der Waals surface area contributed by atoms with Crippen LogP contribution < -0.4 is 0 Å². The summed E-state index contributed by atoms with van der Waals surface area (Å²) >= 11 is 9.35. The first-order chi connectivity index (χ1) is 8.81. The maximum atomic E-state index is 12.2. The molecule has 2 aromatic rings. The molecule has 0 aliphatic carbocycles. The van der Waals surface area contributed by atoms with Crippen LogP contribution in [0.4, 0.5) is 4.79 Å². The van der Waals surface area contributed by atoms with Crippen molar-refractivity contribution in [3.63, 3.8) is 0 Å². The van der Waals surface area contributed by atoms with E-state index in [1.165, 1.54) is 4.57 Å². The second-order valence-corrected chi connectivity index (χ2v) is 6.48. The van der Waals surface area contributed by atoms with Gasteiger partial charge in [-0.2, -0.15) is 0 Å². The summed E-state index contributed by atoms with van der Waals surface area (Å²) in [6, 6.07) is 5.72. The molecule has 0 N–H and O–H groups in total. The van der Waals surface area contributed by atoms with Crippen LogP contribution in [0, 0.1) is 0 Å². The Hall–Kier alpha value is -1.000. The average Bonchev–Trinajstić information content (AvgIpc) is 2.64. The van der Waals surface area contributed by atoms with Gasteiger partial charge in [-0.3, -0.25) is 4.57 Å². The van der Waals surface area contributed by atoms with Crippen molar-refractivity contribution in [3.05, 3.63) is 34.4 Å². The predicted molar refractivity (Wildman–Crippen MR) is 80.8 cm³/mol. The molecule has 0 amide bonds. The third-order valence-corrected chi connectivity index (χ3v) is 3.36. The van der Waals surface area contributed by atoms with Gasteiger partial charge in [0.15, 0.2) is 0 Å². The minimum absolute atomic E-state index is 0.350. The fraction of sp³-hybridized carbons (Fsp3) is 0.357. The zero-order valence-electron chi connectivity index (χ0n) is 11.0. The van der Waals surface area contributed by atoms with Crippen LogP contribution in [-0.4, -0.2) is 16.3 Å². The van der Waals surface area contributed by atoms with E-state index in [4.69, 9.17) is 16.3 Å². The Kier molecular flexibility index (Phi) is 3.92. The number of benzene rings is 1. The summed E-state index contributed by atoms with van der Waals surface area (Å²) < 4.78 is 7.85. The molecule has 0 unspecified atom stereocenters. The highest BCUT2D eigenvalue weighted by atomic mass is 79.9. The summed E-state index contributed by atoms with van der Waals surface area (Å²) in [5.74, 6) is 0.350. The highest BCUT2D eigenvalue weighted by molar-refractivity contribution is 9.10. The van der Waals surface area contributed by atoms with Gasteiger partial charge in [-0.05, 0) is 44.5 Å². The Morgan fingerprint density at radius 2 is 2.11 bits per heavy atom. The molecular weight excluding hydrogens is 330 g/mol. The number of ether oxygens (including phenoxy) is 1. The van der Waals surface area contributed by atoms with Crippen molar-refractivity contribution in [2.45, 2.75) is 32.3 Å². The molecule has 0 aliphatic rings. The van der Waals surface area contributed by atoms with Gasteiger partial charge in [0.1, 0.15) is 5.60 Å². The lowest BCUT2D eigenvalue weighted by Gasteiger charge is -2.19. The summed E-state index contributed by atoms with van der Waals surface area (Å²) in [7, 11) is 0. The van der Waals surface area contributed by atoms with E-state index >= 15 is 0 Å². The molecule has 0 saturated heterocycles. The molecule has 2 rings (SSSR count). The van der Waals surface area contributed by atoms with E-state index in [1.54, 1.807) is 6.20 Å². The van der Waals surface area contributed by atoms with Crippen molar-refractivity contribution >= 4 is 44.5 Å². The van der Waals surface area contributed by atoms with E-state index in [0.29, 0.717) is 5.88 Å². The molecule has 5 heteroatoms. The van der Waals surface area contributed by atoms with Crippen LogP contribution in [-0.2, 0) is 10.6 Å². The number of aromatic nitrogens is 1. The van der Waals surface area contributed by atoms with E-state index < -0.39 is 11.7 Å². The van der Waals surface area contributed by atoms with Crippen LogP contribution >= 0.6 is 27.5 Å². The average molecular weight is 345 g/mol. The fourth-order valence-electron chi connectivity index (χ4n) is 1.84. The standard InChI is InChI=1S/C14H15BrClNO2/c1-14(2,3)19-13(18)17-8-9(7-16)11-6-10(15)4-5-12(11)17/h4-6,8H,7H2,1-3H3. The van der Waals surface area contributed by atoms with Crippen LogP contribution in [0.15, 0.2) is 28.9 Å². The van der Waals surface area contributed by atoms with Crippen LogP contribution in [0.5, 0.6) is 0 Å². The minimum Gasteiger partial charge on any atom is -0.443 e. The van der Waals surface area contributed by atoms with Crippen molar-refractivity contribution < 1.29 is 9.53 Å². The van der Waals surface area contributed by atoms with Crippen LogP contribution in [0.1, 0.15) is 26.3 Å². The molecule has 0 aliphatic heterocycles. The number of halogens is 2. The maximum Gasteiger partial charge on any atom is 0.419 e. The van der Waals surface area contributed by atoms with Crippen molar-refractivity contribution in [1.29, 1.82) is 0 Å². The molecule has 1 aromatic heterocycles. The predicted octanol–water partition coefficient (Wildman–Crippen LogP) is 4.93. The Bertz CT molecular complexity index is 628. The van der Waals surface area contributed by atoms with Crippen molar-refractivity contribution in [3.8, 4) is 0 Å². The highest BCUT2D eigenvalue weighted by Crippen LogP contribution is 2.27. The minimum atomic E-state index is -0.524. The van der Waals surface area contributed by atoms with E-state index in [-0.39, 0.29) is 0 Å². The van der Waals surface area contributed by atoms with E-state index in [2.05, 4.69) is 15.9 Å². The Morgan fingerprint density at radius 3 is 2.68 bits per heavy atom. The molecule has 0 atom stereocenters. The lowest BCUT2D eigenvalue weighted by molar-refractivity contribution is 0.0544. The van der Waals surface area contributed by atoms with Gasteiger partial charge < -0.3 is 4.74 Å². The van der Waals surface area contributed by atoms with Gasteiger partial charge in [-0.1, -0.05) is 15.9 Å². The van der Waals surface area contributed by atoms with E-state index in [0.717, 1.165) is 20.9 Å². The molecule has 0 bridgehead atoms. The first-order valence-electron chi connectivity index (χ1n) is 5.90. The third-order valence-electron chi connectivity index (χ3n) is 2.58. The summed E-state index contributed by atoms with van der Waals surface area (Å²) in [6.07, 6.45) is 1.34. The summed E-state index contributed by atoms with van der Waals surface area (Å²) in [5.41, 5.74) is 1.18. The number of alkyl halides is 1. The molecule has 1 heterocycles. The Balaban J connectivity index is 2.52. The fourth-order valence-corrected chi connectivity index (χ4v) is 2.41. The molecule has 1 aromatic carbocycles. The normalized spacial score (nSPS) is 11.8. The second kappa shape index (κ2) is 5.17. The number of fused-ring (bicyclic) bond motifs is 1. The Labute approximate surface area is 125 Å². The van der Waals surface area contributed by atoms with Crippen molar-refractivity contribution in [2.24, 2.45) is 0 Å². The topological polar surface area (TPSA) is 31.2 Å². The SMILES string of the molecule is CC(C)(C)OC(=O)n1cc(CCl)c2cc(Br)ccc21. The lowest BCUT2D eigenvalue weighted by Crippen LogP contribution is -2.26. The first-order valence-corrected chi connectivity index (χ1v) is 7.23. The first kappa shape index (κ1) is 14.4. The van der Waals surface area contributed by atoms with Gasteiger partial charge in [0.25, 0.3) is 0 Å². The molecule has 102 valence electrons. The molecule has 19 heavy (non-hydrogen) atoms. The molecular formula is C14H15BrClNO2. The van der Waals surface area contributed by atoms with E-state index in [9.17, 15) is 4.79 Å². The second-order valence-electron chi connectivity index (χ2n) is 5.30. The summed E-state index contributed by atoms with van der Waals surface area (Å²) in [6.45, 7) is 5.53. The number of hydrogen-bond acceptors (Lipinski definition) is 2. The van der Waals surface area contributed by atoms with Gasteiger partial charge in [0.2, 0.25) is 0 Å². The Morgan fingerprint density at radius 1 is 1.42 bits per heavy atom. The number of carbonyl (C=O) groups excluding carboxylic acids is 1. The zero-order chi connectivity index (χ0) is 14.2. The van der Waals surface area contributed by atoms with E-state index in [1.807, 2.05) is 39.0 Å². The summed E-state index contributed by atoms with van der Waals surface area (Å²) in [5, 5.41) is 0.954. The highest BCUT2D eigenvalue weighted by Gasteiger charge is 2.20. The number of carbonyl (C=O) groups is 1. The maximum absolute atomic E-state index is 12.2. The number of rotatable bonds is 1.